The zero-order valence-corrected chi connectivity index (χ0v) is 16.0. The first kappa shape index (κ1) is 24.1. The number of aliphatic carboxylic acids is 1. The van der Waals surface area contributed by atoms with Gasteiger partial charge in [-0.1, -0.05) is 0 Å². The van der Waals surface area contributed by atoms with Crippen molar-refractivity contribution in [1.82, 2.24) is 25.2 Å². The molecule has 0 fully saturated rings. The van der Waals surface area contributed by atoms with Gasteiger partial charge in [0.2, 0.25) is 5.89 Å². The molecule has 0 aliphatic carbocycles. The molecule has 0 bridgehead atoms. The van der Waals surface area contributed by atoms with E-state index in [-0.39, 0.29) is 42.5 Å². The van der Waals surface area contributed by atoms with Gasteiger partial charge in [-0.2, -0.15) is 36.4 Å². The van der Waals surface area contributed by atoms with Gasteiger partial charge in [-0.3, -0.25) is 4.79 Å². The van der Waals surface area contributed by atoms with E-state index in [0.29, 0.717) is 6.54 Å². The van der Waals surface area contributed by atoms with Crippen LogP contribution >= 0.6 is 0 Å². The van der Waals surface area contributed by atoms with E-state index in [1.807, 2.05) is 0 Å². The van der Waals surface area contributed by atoms with Crippen LogP contribution in [0.4, 0.5) is 32.3 Å². The Morgan fingerprint density at radius 3 is 2.32 bits per heavy atom. The number of alkyl halides is 6. The van der Waals surface area contributed by atoms with Crippen LogP contribution in [0.2, 0.25) is 0 Å². The summed E-state index contributed by atoms with van der Waals surface area (Å²) in [6, 6.07) is 0. The van der Waals surface area contributed by atoms with Gasteiger partial charge in [0.15, 0.2) is 5.69 Å². The second kappa shape index (κ2) is 8.91. The van der Waals surface area contributed by atoms with Crippen LogP contribution in [0.15, 0.2) is 9.32 Å². The van der Waals surface area contributed by atoms with Crippen molar-refractivity contribution in [3.05, 3.63) is 33.1 Å². The molecule has 172 valence electrons. The molecule has 2 N–H and O–H groups in total. The van der Waals surface area contributed by atoms with E-state index in [1.54, 1.807) is 19.0 Å². The Hall–Kier alpha value is -3.17. The molecule has 1 aliphatic heterocycles. The molecular weight excluding hydrogens is 442 g/mol. The van der Waals surface area contributed by atoms with Crippen molar-refractivity contribution in [3.8, 4) is 0 Å². The first-order chi connectivity index (χ1) is 14.2. The number of carbonyl (C=O) groups is 1. The van der Waals surface area contributed by atoms with Crippen molar-refractivity contribution >= 4 is 11.9 Å². The Bertz CT molecular complexity index is 997. The van der Waals surface area contributed by atoms with Crippen LogP contribution < -0.4 is 15.8 Å². The summed E-state index contributed by atoms with van der Waals surface area (Å²) in [5.41, 5.74) is -1.58. The molecule has 2 aromatic heterocycles. The van der Waals surface area contributed by atoms with Gasteiger partial charge in [-0.05, 0) is 18.1 Å². The summed E-state index contributed by atoms with van der Waals surface area (Å²) in [6.45, 7) is 0.0942. The highest BCUT2D eigenvalue weighted by Crippen LogP contribution is 2.31. The van der Waals surface area contributed by atoms with E-state index in [0.717, 1.165) is 4.68 Å². The molecule has 3 rings (SSSR count). The van der Waals surface area contributed by atoms with Crippen LogP contribution in [0.3, 0.4) is 0 Å². The molecule has 1 aliphatic rings. The average Bonchev–Trinajstić information content (AvgIpc) is 3.12. The molecular formula is C15H16F6N6O4. The minimum absolute atomic E-state index is 0.00955. The largest absolute Gasteiger partial charge is 0.490 e. The van der Waals surface area contributed by atoms with E-state index in [2.05, 4.69) is 20.6 Å². The second-order valence-corrected chi connectivity index (χ2v) is 6.38. The molecule has 0 saturated carbocycles. The molecule has 10 nitrogen and oxygen atoms in total. The zero-order chi connectivity index (χ0) is 23.6. The first-order valence-electron chi connectivity index (χ1n) is 8.42. The van der Waals surface area contributed by atoms with E-state index < -0.39 is 29.6 Å². The Kier molecular flexibility index (Phi) is 6.93. The quantitative estimate of drug-likeness (QED) is 0.649. The fourth-order valence-electron chi connectivity index (χ4n) is 2.48. The summed E-state index contributed by atoms with van der Waals surface area (Å²) in [5.74, 6) is -2.49. The third-order valence-electron chi connectivity index (χ3n) is 3.87. The lowest BCUT2D eigenvalue weighted by atomic mass is 10.0. The number of aromatic nitrogens is 4. The molecule has 0 atom stereocenters. The normalized spacial score (nSPS) is 13.8. The lowest BCUT2D eigenvalue weighted by molar-refractivity contribution is -0.192. The Morgan fingerprint density at radius 2 is 1.84 bits per heavy atom. The maximum absolute atomic E-state index is 13.3. The summed E-state index contributed by atoms with van der Waals surface area (Å²) in [5, 5.41) is 17.1. The van der Waals surface area contributed by atoms with Crippen molar-refractivity contribution in [2.24, 2.45) is 0 Å². The zero-order valence-electron chi connectivity index (χ0n) is 16.0. The van der Waals surface area contributed by atoms with Crippen LogP contribution in [0, 0.1) is 0 Å². The summed E-state index contributed by atoms with van der Waals surface area (Å²) >= 11 is 0. The van der Waals surface area contributed by atoms with Crippen molar-refractivity contribution in [2.75, 3.05) is 25.5 Å². The Balaban J connectivity index is 0.000000423. The van der Waals surface area contributed by atoms with Gasteiger partial charge in [-0.25, -0.2) is 9.48 Å². The molecule has 0 unspecified atom stereocenters. The molecule has 16 heteroatoms. The van der Waals surface area contributed by atoms with Gasteiger partial charge >= 0.3 is 18.3 Å². The molecule has 3 heterocycles. The van der Waals surface area contributed by atoms with Gasteiger partial charge in [0, 0.05) is 31.8 Å². The highest BCUT2D eigenvalue weighted by molar-refractivity contribution is 5.73. The van der Waals surface area contributed by atoms with Gasteiger partial charge in [0.05, 0.1) is 0 Å². The standard InChI is InChI=1S/C13H15F3N6O2.C2HF3O2/c1-21(2)12-18-9(24-20-12)6-22-11(23)7-3-4-17-5-8(7)10(19-22)13(14,15)16;3-2(4,5)1(6)7/h17H,3-6H2,1-2H3;(H,6,7). The van der Waals surface area contributed by atoms with Crippen molar-refractivity contribution in [2.45, 2.75) is 31.9 Å². The van der Waals surface area contributed by atoms with Crippen LogP contribution in [0.25, 0.3) is 0 Å². The number of nitrogens with zero attached hydrogens (tertiary/aromatic N) is 5. The predicted molar refractivity (Wildman–Crippen MR) is 90.3 cm³/mol. The number of anilines is 1. The number of nitrogens with one attached hydrogen (secondary N) is 1. The fourth-order valence-corrected chi connectivity index (χ4v) is 2.48. The molecule has 0 spiro atoms. The Labute approximate surface area is 169 Å². The molecule has 0 amide bonds. The predicted octanol–water partition coefficient (Wildman–Crippen LogP) is 1.04. The molecule has 0 aromatic carbocycles. The third kappa shape index (κ3) is 5.93. The summed E-state index contributed by atoms with van der Waals surface area (Å²) < 4.78 is 77.2. The SMILES string of the molecule is CN(C)c1noc(Cn2nc(C(F)(F)F)c3c(c2=O)CCNC3)n1.O=C(O)C(F)(F)F. The van der Waals surface area contributed by atoms with E-state index >= 15 is 0 Å². The van der Waals surface area contributed by atoms with Crippen LogP contribution in [0.1, 0.15) is 22.7 Å². The second-order valence-electron chi connectivity index (χ2n) is 6.38. The van der Waals surface area contributed by atoms with Gasteiger partial charge < -0.3 is 19.8 Å². The van der Waals surface area contributed by atoms with Crippen LogP contribution in [-0.4, -0.2) is 57.8 Å². The number of rotatable bonds is 3. The van der Waals surface area contributed by atoms with Crippen molar-refractivity contribution < 1.29 is 40.8 Å². The number of carboxylic acids is 1. The fraction of sp³-hybridized carbons (Fsp3) is 0.533. The molecule has 0 saturated heterocycles. The maximum atomic E-state index is 13.3. The average molecular weight is 458 g/mol. The first-order valence-corrected chi connectivity index (χ1v) is 8.42. The highest BCUT2D eigenvalue weighted by atomic mass is 19.4. The monoisotopic (exact) mass is 458 g/mol. The molecule has 2 aromatic rings. The number of fused-ring (bicyclic) bond motifs is 1. The number of hydrogen-bond donors (Lipinski definition) is 2. The van der Waals surface area contributed by atoms with E-state index in [9.17, 15) is 31.1 Å². The van der Waals surface area contributed by atoms with Gasteiger partial charge in [-0.15, -0.1) is 0 Å². The lowest BCUT2D eigenvalue weighted by Gasteiger charge is -2.21. The highest BCUT2D eigenvalue weighted by Gasteiger charge is 2.39. The summed E-state index contributed by atoms with van der Waals surface area (Å²) in [4.78, 5) is 26.9. The number of halogens is 6. The third-order valence-corrected chi connectivity index (χ3v) is 3.87. The lowest BCUT2D eigenvalue weighted by Crippen LogP contribution is -2.38. The molecule has 31 heavy (non-hydrogen) atoms. The van der Waals surface area contributed by atoms with Crippen LogP contribution in [-0.2, 0) is 30.5 Å². The summed E-state index contributed by atoms with van der Waals surface area (Å²) in [7, 11) is 3.37. The van der Waals surface area contributed by atoms with Gasteiger partial charge in [0.25, 0.3) is 11.5 Å². The van der Waals surface area contributed by atoms with Crippen molar-refractivity contribution in [3.63, 3.8) is 0 Å². The topological polar surface area (TPSA) is 126 Å². The van der Waals surface area contributed by atoms with E-state index in [4.69, 9.17) is 14.4 Å². The van der Waals surface area contributed by atoms with Gasteiger partial charge in [0.1, 0.15) is 6.54 Å². The Morgan fingerprint density at radius 1 is 1.23 bits per heavy atom. The number of hydrogen-bond acceptors (Lipinski definition) is 8. The van der Waals surface area contributed by atoms with E-state index in [1.165, 1.54) is 0 Å². The number of carboxylic acid groups (broad SMARTS) is 1. The molecule has 0 radical (unpaired) electrons. The minimum atomic E-state index is -5.08. The van der Waals surface area contributed by atoms with Crippen molar-refractivity contribution in [1.29, 1.82) is 0 Å². The minimum Gasteiger partial charge on any atom is -0.475 e. The smallest absolute Gasteiger partial charge is 0.475 e. The summed E-state index contributed by atoms with van der Waals surface area (Å²) in [6.07, 6.45) is -9.52. The maximum Gasteiger partial charge on any atom is 0.490 e. The van der Waals surface area contributed by atoms with Crippen LogP contribution in [0.5, 0.6) is 0 Å².